The largest absolute Gasteiger partial charge is 0.383 e. The second-order valence-electron chi connectivity index (χ2n) is 5.27. The van der Waals surface area contributed by atoms with Gasteiger partial charge in [0.2, 0.25) is 0 Å². The minimum absolute atomic E-state index is 0.0407. The first-order valence-corrected chi connectivity index (χ1v) is 6.60. The van der Waals surface area contributed by atoms with Crippen molar-refractivity contribution in [3.8, 4) is 0 Å². The molecule has 1 aliphatic heterocycles. The van der Waals surface area contributed by atoms with Crippen molar-refractivity contribution in [2.75, 3.05) is 47.0 Å². The molecule has 2 unspecified atom stereocenters. The topological polar surface area (TPSA) is 33.7 Å². The minimum atomic E-state index is 0.0407. The monoisotopic (exact) mass is 244 g/mol. The molecule has 0 radical (unpaired) electrons. The summed E-state index contributed by atoms with van der Waals surface area (Å²) in [6.07, 6.45) is 2.40. The van der Waals surface area contributed by atoms with Crippen molar-refractivity contribution in [3.63, 3.8) is 0 Å². The second-order valence-corrected chi connectivity index (χ2v) is 5.27. The molecule has 102 valence electrons. The lowest BCUT2D eigenvalue weighted by Gasteiger charge is -2.42. The molecule has 17 heavy (non-hydrogen) atoms. The van der Waals surface area contributed by atoms with Gasteiger partial charge in [-0.1, -0.05) is 0 Å². The van der Waals surface area contributed by atoms with E-state index in [4.69, 9.17) is 9.47 Å². The molecule has 1 heterocycles. The molecule has 4 heteroatoms. The summed E-state index contributed by atoms with van der Waals surface area (Å²) in [4.78, 5) is 2.52. The molecule has 0 aliphatic carbocycles. The number of ether oxygens (including phenoxy) is 2. The first kappa shape index (κ1) is 14.9. The fraction of sp³-hybridized carbons (Fsp3) is 1.00. The number of piperidine rings is 1. The van der Waals surface area contributed by atoms with Crippen LogP contribution in [0.5, 0.6) is 0 Å². The molecule has 1 fully saturated rings. The third-order valence-corrected chi connectivity index (χ3v) is 3.73. The first-order valence-electron chi connectivity index (χ1n) is 6.60. The van der Waals surface area contributed by atoms with E-state index in [0.29, 0.717) is 6.04 Å². The van der Waals surface area contributed by atoms with Crippen LogP contribution in [-0.4, -0.2) is 63.5 Å². The van der Waals surface area contributed by atoms with Gasteiger partial charge in [-0.2, -0.15) is 0 Å². The molecule has 0 aromatic rings. The van der Waals surface area contributed by atoms with Crippen molar-refractivity contribution >= 4 is 0 Å². The van der Waals surface area contributed by atoms with Gasteiger partial charge >= 0.3 is 0 Å². The standard InChI is InChI=1S/C13H28N2O2/c1-12(10-14-7-9-16-3)15-8-5-6-13(2,11-15)17-4/h12,14H,5-11H2,1-4H3. The van der Waals surface area contributed by atoms with Crippen LogP contribution in [0.15, 0.2) is 0 Å². The van der Waals surface area contributed by atoms with Gasteiger partial charge in [-0.15, -0.1) is 0 Å². The van der Waals surface area contributed by atoms with Crippen molar-refractivity contribution in [1.82, 2.24) is 10.2 Å². The zero-order valence-electron chi connectivity index (χ0n) is 11.8. The Kier molecular flexibility index (Phi) is 6.41. The maximum Gasteiger partial charge on any atom is 0.0777 e. The summed E-state index contributed by atoms with van der Waals surface area (Å²) >= 11 is 0. The Morgan fingerprint density at radius 3 is 2.82 bits per heavy atom. The molecule has 0 amide bonds. The average molecular weight is 244 g/mol. The van der Waals surface area contributed by atoms with E-state index in [2.05, 4.69) is 24.1 Å². The fourth-order valence-electron chi connectivity index (χ4n) is 2.40. The van der Waals surface area contributed by atoms with Crippen molar-refractivity contribution in [1.29, 1.82) is 0 Å². The fourth-order valence-corrected chi connectivity index (χ4v) is 2.40. The molecule has 0 bridgehead atoms. The SMILES string of the molecule is COCCNCC(C)N1CCCC(C)(OC)C1. The van der Waals surface area contributed by atoms with Gasteiger partial charge in [0.1, 0.15) is 0 Å². The lowest BCUT2D eigenvalue weighted by atomic mass is 9.94. The van der Waals surface area contributed by atoms with Crippen LogP contribution in [0.25, 0.3) is 0 Å². The van der Waals surface area contributed by atoms with E-state index in [0.717, 1.165) is 26.2 Å². The number of hydrogen-bond donors (Lipinski definition) is 1. The van der Waals surface area contributed by atoms with Crippen LogP contribution in [0.2, 0.25) is 0 Å². The Labute approximate surface area is 106 Å². The molecule has 0 spiro atoms. The highest BCUT2D eigenvalue weighted by atomic mass is 16.5. The number of nitrogens with one attached hydrogen (secondary N) is 1. The quantitative estimate of drug-likeness (QED) is 0.680. The van der Waals surface area contributed by atoms with Crippen LogP contribution in [-0.2, 0) is 9.47 Å². The van der Waals surface area contributed by atoms with Crippen LogP contribution < -0.4 is 5.32 Å². The summed E-state index contributed by atoms with van der Waals surface area (Å²) in [7, 11) is 3.56. The summed E-state index contributed by atoms with van der Waals surface area (Å²) in [6, 6.07) is 0.557. The highest BCUT2D eigenvalue weighted by molar-refractivity contribution is 4.87. The molecule has 0 aromatic carbocycles. The molecule has 1 rings (SSSR count). The van der Waals surface area contributed by atoms with Gasteiger partial charge in [-0.05, 0) is 33.2 Å². The summed E-state index contributed by atoms with van der Waals surface area (Å²) in [5, 5.41) is 3.42. The molecule has 1 N–H and O–H groups in total. The average Bonchev–Trinajstić information content (AvgIpc) is 2.34. The van der Waals surface area contributed by atoms with Crippen molar-refractivity contribution in [2.24, 2.45) is 0 Å². The Balaban J connectivity index is 2.28. The Bertz CT molecular complexity index is 214. The predicted molar refractivity (Wildman–Crippen MR) is 70.4 cm³/mol. The summed E-state index contributed by atoms with van der Waals surface area (Å²) in [5.41, 5.74) is 0.0407. The predicted octanol–water partition coefficient (Wildman–Crippen LogP) is 1.11. The lowest BCUT2D eigenvalue weighted by molar-refractivity contribution is -0.0593. The minimum Gasteiger partial charge on any atom is -0.383 e. The van der Waals surface area contributed by atoms with Gasteiger partial charge in [0.15, 0.2) is 0 Å². The van der Waals surface area contributed by atoms with Gasteiger partial charge in [0, 0.05) is 39.9 Å². The molecule has 4 nitrogen and oxygen atoms in total. The maximum absolute atomic E-state index is 5.62. The highest BCUT2D eigenvalue weighted by Crippen LogP contribution is 2.24. The van der Waals surface area contributed by atoms with Crippen molar-refractivity contribution in [3.05, 3.63) is 0 Å². The molecule has 0 saturated carbocycles. The normalized spacial score (nSPS) is 28.2. The van der Waals surface area contributed by atoms with E-state index in [1.165, 1.54) is 19.4 Å². The Hall–Kier alpha value is -0.160. The molecule has 2 atom stereocenters. The number of methoxy groups -OCH3 is 2. The van der Waals surface area contributed by atoms with E-state index in [1.807, 2.05) is 7.11 Å². The van der Waals surface area contributed by atoms with Crippen LogP contribution in [0.4, 0.5) is 0 Å². The van der Waals surface area contributed by atoms with Crippen LogP contribution in [0.3, 0.4) is 0 Å². The maximum atomic E-state index is 5.62. The smallest absolute Gasteiger partial charge is 0.0777 e. The zero-order valence-corrected chi connectivity index (χ0v) is 11.8. The third kappa shape index (κ3) is 4.92. The van der Waals surface area contributed by atoms with E-state index < -0.39 is 0 Å². The molecule has 1 saturated heterocycles. The van der Waals surface area contributed by atoms with Crippen molar-refractivity contribution < 1.29 is 9.47 Å². The lowest BCUT2D eigenvalue weighted by Crippen LogP contribution is -2.52. The van der Waals surface area contributed by atoms with Gasteiger partial charge in [0.05, 0.1) is 12.2 Å². The van der Waals surface area contributed by atoms with E-state index in [9.17, 15) is 0 Å². The summed E-state index contributed by atoms with van der Waals surface area (Å²) in [5.74, 6) is 0. The van der Waals surface area contributed by atoms with Gasteiger partial charge < -0.3 is 14.8 Å². The van der Waals surface area contributed by atoms with Gasteiger partial charge in [-0.25, -0.2) is 0 Å². The highest BCUT2D eigenvalue weighted by Gasteiger charge is 2.32. The van der Waals surface area contributed by atoms with Crippen LogP contribution >= 0.6 is 0 Å². The summed E-state index contributed by atoms with van der Waals surface area (Å²) < 4.78 is 10.6. The third-order valence-electron chi connectivity index (χ3n) is 3.73. The first-order chi connectivity index (χ1) is 8.11. The molecule has 0 aromatic heterocycles. The van der Waals surface area contributed by atoms with Crippen LogP contribution in [0, 0.1) is 0 Å². The zero-order chi connectivity index (χ0) is 12.7. The second kappa shape index (κ2) is 7.31. The van der Waals surface area contributed by atoms with E-state index in [1.54, 1.807) is 7.11 Å². The Morgan fingerprint density at radius 1 is 1.41 bits per heavy atom. The Morgan fingerprint density at radius 2 is 2.18 bits per heavy atom. The van der Waals surface area contributed by atoms with Crippen LogP contribution in [0.1, 0.15) is 26.7 Å². The number of likely N-dealkylation sites (tertiary alicyclic amines) is 1. The van der Waals surface area contributed by atoms with Gasteiger partial charge in [0.25, 0.3) is 0 Å². The van der Waals surface area contributed by atoms with Gasteiger partial charge in [-0.3, -0.25) is 4.90 Å². The molecular weight excluding hydrogens is 216 g/mol. The molecular formula is C13H28N2O2. The number of nitrogens with zero attached hydrogens (tertiary/aromatic N) is 1. The number of rotatable bonds is 7. The molecule has 1 aliphatic rings. The summed E-state index contributed by atoms with van der Waals surface area (Å²) in [6.45, 7) is 9.44. The van der Waals surface area contributed by atoms with Crippen molar-refractivity contribution in [2.45, 2.75) is 38.3 Å². The number of hydrogen-bond acceptors (Lipinski definition) is 4. The van der Waals surface area contributed by atoms with E-state index in [-0.39, 0.29) is 5.60 Å². The van der Waals surface area contributed by atoms with E-state index >= 15 is 0 Å².